The van der Waals surface area contributed by atoms with Gasteiger partial charge in [0.05, 0.1) is 38.1 Å². The number of aliphatic hydroxyl groups is 1. The number of nitrogens with one attached hydrogen (secondary N) is 1. The van der Waals surface area contributed by atoms with Crippen LogP contribution in [0.5, 0.6) is 0 Å². The zero-order valence-corrected chi connectivity index (χ0v) is 13.6. The smallest absolute Gasteiger partial charge is 0.109 e. The van der Waals surface area contributed by atoms with Gasteiger partial charge in [0.1, 0.15) is 5.01 Å². The van der Waals surface area contributed by atoms with E-state index in [0.29, 0.717) is 26.4 Å². The Bertz CT molecular complexity index is 371. The van der Waals surface area contributed by atoms with Crippen LogP contribution in [0.2, 0.25) is 0 Å². The number of hydrogen-bond donors (Lipinski definition) is 2. The number of hydrogen-bond acceptors (Lipinski definition) is 6. The molecule has 0 radical (unpaired) electrons. The maximum Gasteiger partial charge on any atom is 0.109 e. The number of thiazole rings is 1. The van der Waals surface area contributed by atoms with Crippen molar-refractivity contribution in [2.24, 2.45) is 0 Å². The molecular weight excluding hydrogens is 276 g/mol. The number of nitrogens with zero attached hydrogens (tertiary/aromatic N) is 1. The SMILES string of the molecule is Cc1cnc(C(C)NCC(O)COCCOC(C)C)s1. The molecule has 116 valence electrons. The van der Waals surface area contributed by atoms with Gasteiger partial charge in [-0.15, -0.1) is 11.3 Å². The second kappa shape index (κ2) is 9.41. The molecule has 2 atom stereocenters. The fourth-order valence-corrected chi connectivity index (χ4v) is 2.39. The van der Waals surface area contributed by atoms with Gasteiger partial charge in [-0.3, -0.25) is 0 Å². The van der Waals surface area contributed by atoms with Crippen LogP contribution in [0.3, 0.4) is 0 Å². The van der Waals surface area contributed by atoms with E-state index >= 15 is 0 Å². The molecule has 0 aliphatic rings. The molecule has 0 aromatic carbocycles. The molecule has 5 nitrogen and oxygen atoms in total. The van der Waals surface area contributed by atoms with Gasteiger partial charge in [-0.25, -0.2) is 4.98 Å². The van der Waals surface area contributed by atoms with Gasteiger partial charge in [0.15, 0.2) is 0 Å². The normalized spacial score (nSPS) is 14.7. The predicted octanol–water partition coefficient (Wildman–Crippen LogP) is 1.90. The van der Waals surface area contributed by atoms with Crippen LogP contribution in [0.25, 0.3) is 0 Å². The van der Waals surface area contributed by atoms with Crippen molar-refractivity contribution in [1.29, 1.82) is 0 Å². The first kappa shape index (κ1) is 17.5. The molecule has 2 unspecified atom stereocenters. The van der Waals surface area contributed by atoms with Gasteiger partial charge in [0.25, 0.3) is 0 Å². The first-order valence-electron chi connectivity index (χ1n) is 7.02. The van der Waals surface area contributed by atoms with E-state index in [1.165, 1.54) is 4.88 Å². The van der Waals surface area contributed by atoms with E-state index in [1.807, 2.05) is 33.9 Å². The van der Waals surface area contributed by atoms with Crippen molar-refractivity contribution < 1.29 is 14.6 Å². The lowest BCUT2D eigenvalue weighted by Crippen LogP contribution is -2.32. The Labute approximate surface area is 125 Å². The molecule has 6 heteroatoms. The number of aromatic nitrogens is 1. The molecule has 1 aromatic rings. The van der Waals surface area contributed by atoms with Crippen molar-refractivity contribution in [3.63, 3.8) is 0 Å². The largest absolute Gasteiger partial charge is 0.389 e. The van der Waals surface area contributed by atoms with Gasteiger partial charge in [-0.05, 0) is 27.7 Å². The van der Waals surface area contributed by atoms with Gasteiger partial charge >= 0.3 is 0 Å². The molecule has 0 bridgehead atoms. The quantitative estimate of drug-likeness (QED) is 0.646. The van der Waals surface area contributed by atoms with E-state index in [1.54, 1.807) is 11.3 Å². The summed E-state index contributed by atoms with van der Waals surface area (Å²) in [6.07, 6.45) is 1.57. The molecule has 0 saturated heterocycles. The second-order valence-electron chi connectivity index (χ2n) is 5.09. The molecule has 0 spiro atoms. The molecule has 0 saturated carbocycles. The van der Waals surface area contributed by atoms with Crippen LogP contribution >= 0.6 is 11.3 Å². The summed E-state index contributed by atoms with van der Waals surface area (Å²) >= 11 is 1.67. The van der Waals surface area contributed by atoms with Gasteiger partial charge in [-0.1, -0.05) is 0 Å². The summed E-state index contributed by atoms with van der Waals surface area (Å²) < 4.78 is 10.7. The Balaban J connectivity index is 2.09. The summed E-state index contributed by atoms with van der Waals surface area (Å²) in [7, 11) is 0. The lowest BCUT2D eigenvalue weighted by Gasteiger charge is -2.16. The first-order valence-corrected chi connectivity index (χ1v) is 7.83. The Morgan fingerprint density at radius 2 is 2.10 bits per heavy atom. The van der Waals surface area contributed by atoms with Gasteiger partial charge in [0, 0.05) is 17.6 Å². The van der Waals surface area contributed by atoms with E-state index in [0.717, 1.165) is 5.01 Å². The van der Waals surface area contributed by atoms with Crippen LogP contribution in [0.4, 0.5) is 0 Å². The van der Waals surface area contributed by atoms with Crippen LogP contribution in [-0.2, 0) is 9.47 Å². The van der Waals surface area contributed by atoms with E-state index in [-0.39, 0.29) is 12.1 Å². The average molecular weight is 302 g/mol. The minimum Gasteiger partial charge on any atom is -0.389 e. The van der Waals surface area contributed by atoms with Crippen LogP contribution < -0.4 is 5.32 Å². The summed E-state index contributed by atoms with van der Waals surface area (Å²) in [5.74, 6) is 0. The zero-order chi connectivity index (χ0) is 15.0. The number of aryl methyl sites for hydroxylation is 1. The predicted molar refractivity (Wildman–Crippen MR) is 81.2 cm³/mol. The summed E-state index contributed by atoms with van der Waals surface area (Å²) in [6, 6.07) is 0.146. The molecule has 0 aliphatic carbocycles. The van der Waals surface area contributed by atoms with E-state index < -0.39 is 6.10 Å². The maximum atomic E-state index is 9.81. The van der Waals surface area contributed by atoms with Crippen molar-refractivity contribution in [3.05, 3.63) is 16.1 Å². The average Bonchev–Trinajstić information content (AvgIpc) is 2.82. The number of aliphatic hydroxyl groups excluding tert-OH is 1. The highest BCUT2D eigenvalue weighted by Crippen LogP contribution is 2.18. The Hall–Kier alpha value is -0.530. The van der Waals surface area contributed by atoms with Crippen LogP contribution in [0, 0.1) is 6.92 Å². The molecule has 1 aromatic heterocycles. The zero-order valence-electron chi connectivity index (χ0n) is 12.8. The summed E-state index contributed by atoms with van der Waals surface area (Å²) in [6.45, 7) is 9.94. The van der Waals surface area contributed by atoms with Crippen LogP contribution in [0.15, 0.2) is 6.20 Å². The minimum absolute atomic E-state index is 0.146. The molecule has 2 N–H and O–H groups in total. The third kappa shape index (κ3) is 7.31. The molecular formula is C14H26N2O3S. The van der Waals surface area contributed by atoms with E-state index in [2.05, 4.69) is 10.3 Å². The molecule has 20 heavy (non-hydrogen) atoms. The monoisotopic (exact) mass is 302 g/mol. The van der Waals surface area contributed by atoms with Gasteiger partial charge < -0.3 is 19.9 Å². The van der Waals surface area contributed by atoms with Crippen LogP contribution in [0.1, 0.15) is 36.7 Å². The van der Waals surface area contributed by atoms with Crippen molar-refractivity contribution in [2.75, 3.05) is 26.4 Å². The topological polar surface area (TPSA) is 63.6 Å². The Kier molecular flexibility index (Phi) is 8.25. The van der Waals surface area contributed by atoms with Gasteiger partial charge in [0.2, 0.25) is 0 Å². The summed E-state index contributed by atoms with van der Waals surface area (Å²) in [5, 5.41) is 14.1. The standard InChI is InChI=1S/C14H26N2O3S/c1-10(2)19-6-5-18-9-13(17)8-15-12(4)14-16-7-11(3)20-14/h7,10,12-13,15,17H,5-6,8-9H2,1-4H3. The third-order valence-corrected chi connectivity index (χ3v) is 3.75. The van der Waals surface area contributed by atoms with Crippen molar-refractivity contribution in [3.8, 4) is 0 Å². The second-order valence-corrected chi connectivity index (χ2v) is 6.35. The highest BCUT2D eigenvalue weighted by molar-refractivity contribution is 7.11. The van der Waals surface area contributed by atoms with E-state index in [9.17, 15) is 5.11 Å². The molecule has 0 fully saturated rings. The molecule has 0 amide bonds. The minimum atomic E-state index is -0.516. The highest BCUT2D eigenvalue weighted by atomic mass is 32.1. The van der Waals surface area contributed by atoms with Crippen LogP contribution in [-0.4, -0.2) is 48.7 Å². The molecule has 1 rings (SSSR count). The Morgan fingerprint density at radius 3 is 2.70 bits per heavy atom. The highest BCUT2D eigenvalue weighted by Gasteiger charge is 2.11. The summed E-state index contributed by atoms with van der Waals surface area (Å²) in [5.41, 5.74) is 0. The Morgan fingerprint density at radius 1 is 1.35 bits per heavy atom. The lowest BCUT2D eigenvalue weighted by molar-refractivity contribution is -0.0104. The third-order valence-electron chi connectivity index (χ3n) is 2.66. The van der Waals surface area contributed by atoms with E-state index in [4.69, 9.17) is 9.47 Å². The maximum absolute atomic E-state index is 9.81. The number of rotatable bonds is 10. The molecule has 0 aliphatic heterocycles. The number of ether oxygens (including phenoxy) is 2. The lowest BCUT2D eigenvalue weighted by atomic mass is 10.3. The fourth-order valence-electron chi connectivity index (χ4n) is 1.59. The fraction of sp³-hybridized carbons (Fsp3) is 0.786. The molecule has 1 heterocycles. The van der Waals surface area contributed by atoms with Crippen molar-refractivity contribution in [2.45, 2.75) is 45.9 Å². The summed E-state index contributed by atoms with van der Waals surface area (Å²) in [4.78, 5) is 5.52. The van der Waals surface area contributed by atoms with Gasteiger partial charge in [-0.2, -0.15) is 0 Å². The van der Waals surface area contributed by atoms with Crippen molar-refractivity contribution in [1.82, 2.24) is 10.3 Å². The van der Waals surface area contributed by atoms with Crippen molar-refractivity contribution >= 4 is 11.3 Å². The first-order chi connectivity index (χ1) is 9.49.